The molecule has 212 valence electrons. The van der Waals surface area contributed by atoms with Gasteiger partial charge < -0.3 is 14.4 Å². The molecule has 0 spiro atoms. The second-order valence-electron chi connectivity index (χ2n) is 11.6. The van der Waals surface area contributed by atoms with Gasteiger partial charge in [-0.3, -0.25) is 14.5 Å². The smallest absolute Gasteiger partial charge is 0.307 e. The molecule has 2 aromatic rings. The summed E-state index contributed by atoms with van der Waals surface area (Å²) in [4.78, 5) is 31.8. The fraction of sp³-hybridized carbons (Fsp3) is 0.548. The summed E-state index contributed by atoms with van der Waals surface area (Å²) in [5, 5.41) is 1.30. The third-order valence-electron chi connectivity index (χ3n) is 7.58. The van der Waals surface area contributed by atoms with E-state index in [4.69, 9.17) is 32.7 Å². The van der Waals surface area contributed by atoms with Crippen LogP contribution in [0.2, 0.25) is 10.0 Å². The van der Waals surface area contributed by atoms with E-state index in [9.17, 15) is 9.59 Å². The zero-order chi connectivity index (χ0) is 28.2. The molecular formula is C31H40Cl2N2O4. The van der Waals surface area contributed by atoms with Crippen molar-refractivity contribution in [2.75, 3.05) is 32.8 Å². The molecular weight excluding hydrogens is 535 g/mol. The number of carbonyl (C=O) groups is 2. The van der Waals surface area contributed by atoms with Crippen molar-refractivity contribution < 1.29 is 19.1 Å². The summed E-state index contributed by atoms with van der Waals surface area (Å²) in [5.41, 5.74) is 1.46. The first-order valence-electron chi connectivity index (χ1n) is 13.9. The van der Waals surface area contributed by atoms with E-state index in [0.29, 0.717) is 29.7 Å². The average molecular weight is 576 g/mol. The van der Waals surface area contributed by atoms with Crippen molar-refractivity contribution in [3.05, 3.63) is 69.7 Å². The number of esters is 1. The Kier molecular flexibility index (Phi) is 9.97. The molecule has 4 atom stereocenters. The minimum atomic E-state index is -0.616. The quantitative estimate of drug-likeness (QED) is 0.336. The molecule has 2 heterocycles. The Morgan fingerprint density at radius 3 is 2.36 bits per heavy atom. The first kappa shape index (κ1) is 29.9. The van der Waals surface area contributed by atoms with Crippen LogP contribution in [0.15, 0.2) is 48.5 Å². The number of hydrogen-bond donors (Lipinski definition) is 0. The maximum absolute atomic E-state index is 14.4. The Morgan fingerprint density at radius 2 is 1.74 bits per heavy atom. The molecule has 0 radical (unpaired) electrons. The number of piperidine rings is 1. The van der Waals surface area contributed by atoms with Crippen LogP contribution < -0.4 is 0 Å². The fourth-order valence-corrected chi connectivity index (χ4v) is 6.17. The number of amides is 1. The number of benzene rings is 2. The number of hydrogen-bond acceptors (Lipinski definition) is 5. The van der Waals surface area contributed by atoms with Gasteiger partial charge in [-0.25, -0.2) is 0 Å². The summed E-state index contributed by atoms with van der Waals surface area (Å²) in [6.45, 7) is 11.5. The van der Waals surface area contributed by atoms with Gasteiger partial charge in [-0.1, -0.05) is 54.4 Å². The first-order chi connectivity index (χ1) is 18.6. The van der Waals surface area contributed by atoms with Gasteiger partial charge in [0.15, 0.2) is 0 Å². The molecule has 4 rings (SSSR count). The van der Waals surface area contributed by atoms with E-state index >= 15 is 0 Å². The van der Waals surface area contributed by atoms with Crippen LogP contribution in [0.4, 0.5) is 0 Å². The SMILES string of the molecule is CCC(CN1CCOCC1)N1C(=O)[C@@H](CC(=O)OC(C)(C)C)C[C@H](c2cccc(Cl)c2)[C@H]1c1ccc(Cl)cc1. The Hall–Kier alpha value is -2.12. The molecule has 0 bridgehead atoms. The Labute approximate surface area is 242 Å². The van der Waals surface area contributed by atoms with Crippen molar-refractivity contribution in [2.45, 2.75) is 70.6 Å². The normalized spacial score (nSPS) is 23.5. The molecule has 1 amide bonds. The second-order valence-corrected chi connectivity index (χ2v) is 12.5. The largest absolute Gasteiger partial charge is 0.460 e. The molecule has 0 saturated carbocycles. The van der Waals surface area contributed by atoms with Crippen LogP contribution in [-0.2, 0) is 19.1 Å². The van der Waals surface area contributed by atoms with E-state index in [1.54, 1.807) is 0 Å². The Bertz CT molecular complexity index is 1130. The maximum Gasteiger partial charge on any atom is 0.307 e. The van der Waals surface area contributed by atoms with Gasteiger partial charge in [0.05, 0.1) is 25.7 Å². The van der Waals surface area contributed by atoms with Gasteiger partial charge in [-0.15, -0.1) is 0 Å². The number of rotatable bonds is 8. The summed E-state index contributed by atoms with van der Waals surface area (Å²) >= 11 is 12.7. The minimum absolute atomic E-state index is 0.000744. The van der Waals surface area contributed by atoms with Crippen molar-refractivity contribution in [1.29, 1.82) is 0 Å². The minimum Gasteiger partial charge on any atom is -0.460 e. The van der Waals surface area contributed by atoms with E-state index in [-0.39, 0.29) is 36.3 Å². The van der Waals surface area contributed by atoms with Crippen molar-refractivity contribution in [1.82, 2.24) is 9.80 Å². The van der Waals surface area contributed by atoms with E-state index in [1.807, 2.05) is 63.2 Å². The molecule has 0 aliphatic carbocycles. The van der Waals surface area contributed by atoms with Gasteiger partial charge in [0, 0.05) is 47.6 Å². The van der Waals surface area contributed by atoms with Gasteiger partial charge in [-0.2, -0.15) is 0 Å². The monoisotopic (exact) mass is 574 g/mol. The highest BCUT2D eigenvalue weighted by Gasteiger charge is 2.46. The van der Waals surface area contributed by atoms with Gasteiger partial charge >= 0.3 is 5.97 Å². The zero-order valence-corrected chi connectivity index (χ0v) is 24.9. The first-order valence-corrected chi connectivity index (χ1v) is 14.7. The summed E-state index contributed by atoms with van der Waals surface area (Å²) in [6.07, 6.45) is 1.36. The van der Waals surface area contributed by atoms with Gasteiger partial charge in [-0.05, 0) is 69.0 Å². The van der Waals surface area contributed by atoms with Gasteiger partial charge in [0.2, 0.25) is 5.91 Å². The van der Waals surface area contributed by atoms with E-state index in [2.05, 4.69) is 22.8 Å². The predicted octanol–water partition coefficient (Wildman–Crippen LogP) is 6.51. The molecule has 2 aliphatic rings. The molecule has 2 fully saturated rings. The van der Waals surface area contributed by atoms with Crippen LogP contribution in [-0.4, -0.2) is 66.2 Å². The van der Waals surface area contributed by atoms with Crippen LogP contribution in [0.5, 0.6) is 0 Å². The molecule has 0 aromatic heterocycles. The third-order valence-corrected chi connectivity index (χ3v) is 8.07. The van der Waals surface area contributed by atoms with Gasteiger partial charge in [0.25, 0.3) is 0 Å². The lowest BCUT2D eigenvalue weighted by Gasteiger charge is -2.49. The lowest BCUT2D eigenvalue weighted by Crippen LogP contribution is -2.55. The number of halogens is 2. The predicted molar refractivity (Wildman–Crippen MR) is 155 cm³/mol. The van der Waals surface area contributed by atoms with E-state index in [0.717, 1.165) is 37.2 Å². The maximum atomic E-state index is 14.4. The van der Waals surface area contributed by atoms with Crippen LogP contribution in [0.1, 0.15) is 70.0 Å². The lowest BCUT2D eigenvalue weighted by molar-refractivity contribution is -0.162. The van der Waals surface area contributed by atoms with Crippen molar-refractivity contribution in [3.8, 4) is 0 Å². The molecule has 1 unspecified atom stereocenters. The molecule has 2 saturated heterocycles. The van der Waals surface area contributed by atoms with Crippen molar-refractivity contribution in [3.63, 3.8) is 0 Å². The van der Waals surface area contributed by atoms with Crippen molar-refractivity contribution in [2.24, 2.45) is 5.92 Å². The van der Waals surface area contributed by atoms with Crippen LogP contribution in [0.25, 0.3) is 0 Å². The summed E-state index contributed by atoms with van der Waals surface area (Å²) in [7, 11) is 0. The lowest BCUT2D eigenvalue weighted by atomic mass is 9.74. The highest BCUT2D eigenvalue weighted by Crippen LogP contribution is 2.48. The second kappa shape index (κ2) is 13.0. The highest BCUT2D eigenvalue weighted by molar-refractivity contribution is 6.30. The summed E-state index contributed by atoms with van der Waals surface area (Å²) in [5.74, 6) is -0.907. The fourth-order valence-electron chi connectivity index (χ4n) is 5.84. The zero-order valence-electron chi connectivity index (χ0n) is 23.4. The summed E-state index contributed by atoms with van der Waals surface area (Å²) < 4.78 is 11.2. The Morgan fingerprint density at radius 1 is 1.05 bits per heavy atom. The average Bonchev–Trinajstić information content (AvgIpc) is 2.88. The molecule has 2 aliphatic heterocycles. The van der Waals surface area contributed by atoms with Crippen LogP contribution >= 0.6 is 23.2 Å². The number of ether oxygens (including phenoxy) is 2. The van der Waals surface area contributed by atoms with E-state index in [1.165, 1.54) is 0 Å². The van der Waals surface area contributed by atoms with Crippen molar-refractivity contribution >= 4 is 35.1 Å². The van der Waals surface area contributed by atoms with Crippen LogP contribution in [0, 0.1) is 5.92 Å². The molecule has 0 N–H and O–H groups in total. The molecule has 2 aromatic carbocycles. The molecule has 6 nitrogen and oxygen atoms in total. The number of likely N-dealkylation sites (tertiary alicyclic amines) is 1. The Balaban J connectivity index is 1.77. The number of carbonyl (C=O) groups excluding carboxylic acids is 2. The summed E-state index contributed by atoms with van der Waals surface area (Å²) in [6, 6.07) is 15.4. The van der Waals surface area contributed by atoms with Gasteiger partial charge in [0.1, 0.15) is 5.60 Å². The molecule has 8 heteroatoms. The highest BCUT2D eigenvalue weighted by atomic mass is 35.5. The van der Waals surface area contributed by atoms with Crippen LogP contribution in [0.3, 0.4) is 0 Å². The topological polar surface area (TPSA) is 59.1 Å². The molecule has 39 heavy (non-hydrogen) atoms. The standard InChI is InChI=1S/C31H40Cl2N2O4/c1-5-26(20-34-13-15-38-16-14-34)35-29(21-9-11-24(32)12-10-21)27(22-7-6-8-25(33)17-22)18-23(30(35)37)19-28(36)39-31(2,3)4/h6-12,17,23,26-27,29H,5,13-16,18-20H2,1-4H3/t23-,26?,27-,29-/m1/s1. The number of nitrogens with zero attached hydrogens (tertiary/aromatic N) is 2. The number of morpholine rings is 1. The third kappa shape index (κ3) is 7.75. The van der Waals surface area contributed by atoms with E-state index < -0.39 is 11.5 Å².